The van der Waals surface area contributed by atoms with Crippen molar-refractivity contribution in [3.8, 4) is 0 Å². The number of carbonyl (C=O) groups is 2. The Morgan fingerprint density at radius 2 is 1.59 bits per heavy atom. The van der Waals surface area contributed by atoms with Gasteiger partial charge in [0.25, 0.3) is 0 Å². The molecule has 1 atom stereocenters. The van der Waals surface area contributed by atoms with Crippen molar-refractivity contribution in [2.45, 2.75) is 32.4 Å². The SMILES string of the molecule is CNC(=O)C(Cc1ccccc1)N(Cc1ccccc1C)C(=O)Cc1ccc(Cl)c(Cl)c1. The number of carbonyl (C=O) groups excluding carboxylic acids is 2. The number of hydrogen-bond acceptors (Lipinski definition) is 2. The van der Waals surface area contributed by atoms with Gasteiger partial charge in [-0.2, -0.15) is 0 Å². The fourth-order valence-electron chi connectivity index (χ4n) is 3.62. The van der Waals surface area contributed by atoms with Crippen LogP contribution in [0.2, 0.25) is 10.0 Å². The quantitative estimate of drug-likeness (QED) is 0.491. The zero-order chi connectivity index (χ0) is 23.1. The zero-order valence-electron chi connectivity index (χ0n) is 18.1. The Balaban J connectivity index is 1.96. The Hall–Kier alpha value is -2.82. The summed E-state index contributed by atoms with van der Waals surface area (Å²) in [5.41, 5.74) is 3.79. The van der Waals surface area contributed by atoms with Gasteiger partial charge in [-0.3, -0.25) is 9.59 Å². The second-order valence-electron chi connectivity index (χ2n) is 7.69. The monoisotopic (exact) mass is 468 g/mol. The lowest BCUT2D eigenvalue weighted by atomic mass is 10.0. The molecule has 1 unspecified atom stereocenters. The first-order valence-electron chi connectivity index (χ1n) is 10.4. The highest BCUT2D eigenvalue weighted by Crippen LogP contribution is 2.24. The van der Waals surface area contributed by atoms with Gasteiger partial charge in [-0.25, -0.2) is 0 Å². The topological polar surface area (TPSA) is 49.4 Å². The van der Waals surface area contributed by atoms with Crippen LogP contribution in [-0.2, 0) is 29.0 Å². The third-order valence-electron chi connectivity index (χ3n) is 5.46. The van der Waals surface area contributed by atoms with E-state index in [-0.39, 0.29) is 18.2 Å². The van der Waals surface area contributed by atoms with Crippen molar-refractivity contribution in [1.82, 2.24) is 10.2 Å². The highest BCUT2D eigenvalue weighted by molar-refractivity contribution is 6.42. The fourth-order valence-corrected chi connectivity index (χ4v) is 3.94. The van der Waals surface area contributed by atoms with E-state index in [9.17, 15) is 9.59 Å². The minimum Gasteiger partial charge on any atom is -0.357 e. The lowest BCUT2D eigenvalue weighted by Gasteiger charge is -2.31. The van der Waals surface area contributed by atoms with E-state index in [0.717, 1.165) is 22.3 Å². The van der Waals surface area contributed by atoms with E-state index in [0.29, 0.717) is 23.0 Å². The molecular formula is C26H26Cl2N2O2. The van der Waals surface area contributed by atoms with Crippen molar-refractivity contribution in [1.29, 1.82) is 0 Å². The number of benzene rings is 3. The molecule has 0 saturated heterocycles. The van der Waals surface area contributed by atoms with Crippen LogP contribution in [0, 0.1) is 6.92 Å². The van der Waals surface area contributed by atoms with Gasteiger partial charge in [-0.05, 0) is 41.3 Å². The predicted molar refractivity (Wildman–Crippen MR) is 130 cm³/mol. The molecule has 2 amide bonds. The number of rotatable bonds is 8. The van der Waals surface area contributed by atoms with Gasteiger partial charge in [-0.1, -0.05) is 83.9 Å². The first kappa shape index (κ1) is 23.8. The van der Waals surface area contributed by atoms with Gasteiger partial charge in [-0.15, -0.1) is 0 Å². The van der Waals surface area contributed by atoms with Crippen LogP contribution < -0.4 is 5.32 Å². The van der Waals surface area contributed by atoms with E-state index in [1.807, 2.05) is 61.5 Å². The van der Waals surface area contributed by atoms with Gasteiger partial charge in [0.05, 0.1) is 16.5 Å². The molecule has 1 N–H and O–H groups in total. The van der Waals surface area contributed by atoms with Crippen LogP contribution in [0.5, 0.6) is 0 Å². The molecule has 0 radical (unpaired) electrons. The summed E-state index contributed by atoms with van der Waals surface area (Å²) in [5, 5.41) is 3.56. The molecule has 0 saturated carbocycles. The van der Waals surface area contributed by atoms with Crippen molar-refractivity contribution < 1.29 is 9.59 Å². The Morgan fingerprint density at radius 3 is 2.25 bits per heavy atom. The Kier molecular flexibility index (Phi) is 8.32. The van der Waals surface area contributed by atoms with Crippen LogP contribution in [0.15, 0.2) is 72.8 Å². The van der Waals surface area contributed by atoms with Crippen molar-refractivity contribution in [2.24, 2.45) is 0 Å². The Labute approximate surface area is 199 Å². The molecular weight excluding hydrogens is 443 g/mol. The summed E-state index contributed by atoms with van der Waals surface area (Å²) in [4.78, 5) is 28.2. The molecule has 3 aromatic carbocycles. The molecule has 32 heavy (non-hydrogen) atoms. The van der Waals surface area contributed by atoms with Crippen LogP contribution in [0.4, 0.5) is 0 Å². The summed E-state index contributed by atoms with van der Waals surface area (Å²) in [6.45, 7) is 2.33. The first-order valence-corrected chi connectivity index (χ1v) is 11.2. The lowest BCUT2D eigenvalue weighted by molar-refractivity contribution is -0.140. The molecule has 3 aromatic rings. The van der Waals surface area contributed by atoms with Gasteiger partial charge in [0.1, 0.15) is 6.04 Å². The molecule has 0 aliphatic carbocycles. The number of amides is 2. The predicted octanol–water partition coefficient (Wildman–Crippen LogP) is 5.23. The average Bonchev–Trinajstić information content (AvgIpc) is 2.80. The van der Waals surface area contributed by atoms with Crippen LogP contribution in [0.1, 0.15) is 22.3 Å². The summed E-state index contributed by atoms with van der Waals surface area (Å²) in [6.07, 6.45) is 0.532. The summed E-state index contributed by atoms with van der Waals surface area (Å²) in [7, 11) is 1.59. The molecule has 0 fully saturated rings. The van der Waals surface area contributed by atoms with E-state index in [1.165, 1.54) is 0 Å². The number of hydrogen-bond donors (Lipinski definition) is 1. The highest BCUT2D eigenvalue weighted by Gasteiger charge is 2.30. The normalized spacial score (nSPS) is 11.6. The standard InChI is InChI=1S/C26H26Cl2N2O2/c1-18-8-6-7-11-21(18)17-30(25(31)16-20-12-13-22(27)23(28)14-20)24(26(32)29-2)15-19-9-4-3-5-10-19/h3-14,24H,15-17H2,1-2H3,(H,29,32). The van der Waals surface area contributed by atoms with Gasteiger partial charge >= 0.3 is 0 Å². The molecule has 0 spiro atoms. The van der Waals surface area contributed by atoms with Crippen LogP contribution >= 0.6 is 23.2 Å². The van der Waals surface area contributed by atoms with Crippen molar-refractivity contribution in [3.05, 3.63) is 105 Å². The fraction of sp³-hybridized carbons (Fsp3) is 0.231. The van der Waals surface area contributed by atoms with E-state index in [1.54, 1.807) is 30.1 Å². The number of aryl methyl sites for hydroxylation is 1. The smallest absolute Gasteiger partial charge is 0.242 e. The Bertz CT molecular complexity index is 1090. The van der Waals surface area contributed by atoms with Crippen LogP contribution in [0.3, 0.4) is 0 Å². The summed E-state index contributed by atoms with van der Waals surface area (Å²) in [6, 6.07) is 22.1. The van der Waals surface area contributed by atoms with Crippen molar-refractivity contribution in [2.75, 3.05) is 7.05 Å². The van der Waals surface area contributed by atoms with Crippen molar-refractivity contribution in [3.63, 3.8) is 0 Å². The first-order chi connectivity index (χ1) is 15.4. The van der Waals surface area contributed by atoms with Gasteiger partial charge < -0.3 is 10.2 Å². The minimum atomic E-state index is -0.655. The maximum Gasteiger partial charge on any atom is 0.242 e. The van der Waals surface area contributed by atoms with Crippen LogP contribution in [0.25, 0.3) is 0 Å². The number of nitrogens with one attached hydrogen (secondary N) is 1. The van der Waals surface area contributed by atoms with E-state index < -0.39 is 6.04 Å². The third-order valence-corrected chi connectivity index (χ3v) is 6.20. The molecule has 3 rings (SSSR count). The second kappa shape index (κ2) is 11.2. The molecule has 166 valence electrons. The molecule has 0 aromatic heterocycles. The molecule has 0 bridgehead atoms. The van der Waals surface area contributed by atoms with Gasteiger partial charge in [0.15, 0.2) is 0 Å². The molecule has 4 nitrogen and oxygen atoms in total. The zero-order valence-corrected chi connectivity index (χ0v) is 19.7. The highest BCUT2D eigenvalue weighted by atomic mass is 35.5. The van der Waals surface area contributed by atoms with Crippen molar-refractivity contribution >= 4 is 35.0 Å². The summed E-state index contributed by atoms with van der Waals surface area (Å²) < 4.78 is 0. The summed E-state index contributed by atoms with van der Waals surface area (Å²) >= 11 is 12.2. The number of nitrogens with zero attached hydrogens (tertiary/aromatic N) is 1. The van der Waals surface area contributed by atoms with Crippen LogP contribution in [-0.4, -0.2) is 29.8 Å². The molecule has 6 heteroatoms. The minimum absolute atomic E-state index is 0.116. The Morgan fingerprint density at radius 1 is 0.906 bits per heavy atom. The van der Waals surface area contributed by atoms with Gasteiger partial charge in [0, 0.05) is 20.0 Å². The molecule has 0 heterocycles. The lowest BCUT2D eigenvalue weighted by Crippen LogP contribution is -2.50. The number of likely N-dealkylation sites (N-methyl/N-ethyl adjacent to an activating group) is 1. The third kappa shape index (κ3) is 6.12. The van der Waals surface area contributed by atoms with E-state index >= 15 is 0 Å². The summed E-state index contributed by atoms with van der Waals surface area (Å²) in [5.74, 6) is -0.360. The van der Waals surface area contributed by atoms with Gasteiger partial charge in [0.2, 0.25) is 11.8 Å². The number of halogens is 2. The van der Waals surface area contributed by atoms with E-state index in [4.69, 9.17) is 23.2 Å². The van der Waals surface area contributed by atoms with E-state index in [2.05, 4.69) is 5.32 Å². The molecule has 0 aliphatic rings. The maximum atomic E-state index is 13.5. The maximum absolute atomic E-state index is 13.5. The average molecular weight is 469 g/mol. The largest absolute Gasteiger partial charge is 0.357 e. The second-order valence-corrected chi connectivity index (χ2v) is 8.51. The molecule has 0 aliphatic heterocycles.